The minimum atomic E-state index is -3.69. The monoisotopic (exact) mass is 299 g/mol. The number of nitrogens with one attached hydrogen (secondary N) is 1. The van der Waals surface area contributed by atoms with Crippen molar-refractivity contribution in [3.05, 3.63) is 28.8 Å². The van der Waals surface area contributed by atoms with Gasteiger partial charge in [-0.15, -0.1) is 0 Å². The first-order chi connectivity index (χ1) is 8.96. The van der Waals surface area contributed by atoms with Gasteiger partial charge in [-0.1, -0.05) is 11.6 Å². The number of hydrogen-bond acceptors (Lipinski definition) is 4. The van der Waals surface area contributed by atoms with Gasteiger partial charge in [0.15, 0.2) is 0 Å². The molecule has 7 heteroatoms. The summed E-state index contributed by atoms with van der Waals surface area (Å²) in [6.45, 7) is 3.43. The van der Waals surface area contributed by atoms with Gasteiger partial charge in [0.1, 0.15) is 11.0 Å². The van der Waals surface area contributed by atoms with Crippen LogP contribution in [0.1, 0.15) is 12.5 Å². The zero-order chi connectivity index (χ0) is 14.0. The van der Waals surface area contributed by atoms with Crippen LogP contribution in [0.3, 0.4) is 0 Å². The van der Waals surface area contributed by atoms with Crippen molar-refractivity contribution in [1.82, 2.24) is 9.62 Å². The van der Waals surface area contributed by atoms with Crippen molar-refractivity contribution < 1.29 is 8.42 Å². The molecule has 0 unspecified atom stereocenters. The zero-order valence-electron chi connectivity index (χ0n) is 10.4. The summed E-state index contributed by atoms with van der Waals surface area (Å²) in [5.41, 5.74) is 0.120. The number of sulfonamides is 1. The molecule has 1 heterocycles. The number of nitriles is 1. The molecule has 0 aliphatic carbocycles. The molecule has 5 nitrogen and oxygen atoms in total. The maximum Gasteiger partial charge on any atom is 0.244 e. The molecule has 1 aromatic carbocycles. The van der Waals surface area contributed by atoms with E-state index in [1.807, 2.05) is 13.0 Å². The summed E-state index contributed by atoms with van der Waals surface area (Å²) < 4.78 is 26.6. The minimum absolute atomic E-state index is 0.0174. The Morgan fingerprint density at radius 3 is 2.89 bits per heavy atom. The van der Waals surface area contributed by atoms with Gasteiger partial charge < -0.3 is 5.32 Å². The summed E-state index contributed by atoms with van der Waals surface area (Å²) in [7, 11) is -3.69. The Hall–Kier alpha value is -1.13. The van der Waals surface area contributed by atoms with Crippen LogP contribution in [0.4, 0.5) is 0 Å². The molecule has 0 amide bonds. The highest BCUT2D eigenvalue weighted by Crippen LogP contribution is 2.25. The van der Waals surface area contributed by atoms with Crippen molar-refractivity contribution in [3.63, 3.8) is 0 Å². The Kier molecular flexibility index (Phi) is 4.11. The average Bonchev–Trinajstić information content (AvgIpc) is 2.39. The number of hydrogen-bond donors (Lipinski definition) is 1. The Balaban J connectivity index is 2.50. The van der Waals surface area contributed by atoms with Crippen molar-refractivity contribution in [3.8, 4) is 6.07 Å². The molecule has 0 bridgehead atoms. The van der Waals surface area contributed by atoms with Gasteiger partial charge in [-0.3, -0.25) is 0 Å². The molecule has 1 N–H and O–H groups in total. The SMILES string of the molecule is C[C@H]1CNCCN1S(=O)(=O)c1cc(Cl)ccc1C#N. The van der Waals surface area contributed by atoms with Gasteiger partial charge in [0.05, 0.1) is 5.56 Å². The fourth-order valence-corrected chi connectivity index (χ4v) is 4.14. The van der Waals surface area contributed by atoms with Gasteiger partial charge >= 0.3 is 0 Å². The van der Waals surface area contributed by atoms with Gasteiger partial charge in [0.2, 0.25) is 10.0 Å². The number of rotatable bonds is 2. The van der Waals surface area contributed by atoms with Crippen molar-refractivity contribution in [1.29, 1.82) is 5.26 Å². The molecule has 0 aromatic heterocycles. The topological polar surface area (TPSA) is 73.2 Å². The van der Waals surface area contributed by atoms with Crippen molar-refractivity contribution >= 4 is 21.6 Å². The lowest BCUT2D eigenvalue weighted by molar-refractivity contribution is 0.284. The maximum atomic E-state index is 12.6. The molecular formula is C12H14ClN3O2S. The Morgan fingerprint density at radius 1 is 1.53 bits per heavy atom. The van der Waals surface area contributed by atoms with E-state index >= 15 is 0 Å². The first kappa shape index (κ1) is 14.3. The Labute approximate surface area is 117 Å². The third kappa shape index (κ3) is 2.74. The van der Waals surface area contributed by atoms with Crippen molar-refractivity contribution in [2.75, 3.05) is 19.6 Å². The largest absolute Gasteiger partial charge is 0.314 e. The third-order valence-corrected chi connectivity index (χ3v) is 5.38. The predicted octanol–water partition coefficient (Wildman–Crippen LogP) is 1.19. The molecule has 0 spiro atoms. The summed E-state index contributed by atoms with van der Waals surface area (Å²) >= 11 is 5.85. The fraction of sp³-hybridized carbons (Fsp3) is 0.417. The standard InChI is InChI=1S/C12H14ClN3O2S/c1-9-8-15-4-5-16(9)19(17,18)12-6-11(13)3-2-10(12)7-14/h2-3,6,9,15H,4-5,8H2,1H3/t9-/m0/s1. The van der Waals surface area contributed by atoms with E-state index in [1.165, 1.54) is 22.5 Å². The number of piperazine rings is 1. The van der Waals surface area contributed by atoms with E-state index in [4.69, 9.17) is 16.9 Å². The van der Waals surface area contributed by atoms with Crippen LogP contribution < -0.4 is 5.32 Å². The van der Waals surface area contributed by atoms with E-state index in [2.05, 4.69) is 5.32 Å². The Bertz CT molecular complexity index is 624. The molecule has 102 valence electrons. The van der Waals surface area contributed by atoms with Crippen LogP contribution in [0.25, 0.3) is 0 Å². The van der Waals surface area contributed by atoms with Crippen LogP contribution in [0.5, 0.6) is 0 Å². The summed E-state index contributed by atoms with van der Waals surface area (Å²) in [5.74, 6) is 0. The van der Waals surface area contributed by atoms with E-state index in [0.717, 1.165) is 0 Å². The highest BCUT2D eigenvalue weighted by Gasteiger charge is 2.32. The Morgan fingerprint density at radius 2 is 2.26 bits per heavy atom. The second-order valence-electron chi connectivity index (χ2n) is 4.42. The van der Waals surface area contributed by atoms with Crippen LogP contribution >= 0.6 is 11.6 Å². The number of nitrogens with zero attached hydrogens (tertiary/aromatic N) is 2. The summed E-state index contributed by atoms with van der Waals surface area (Å²) in [6.07, 6.45) is 0. The molecule has 2 rings (SSSR count). The van der Waals surface area contributed by atoms with E-state index in [1.54, 1.807) is 0 Å². The summed E-state index contributed by atoms with van der Waals surface area (Å²) in [6, 6.07) is 6.04. The highest BCUT2D eigenvalue weighted by atomic mass is 35.5. The van der Waals surface area contributed by atoms with Gasteiger partial charge in [-0.2, -0.15) is 9.57 Å². The van der Waals surface area contributed by atoms with Crippen LogP contribution in [0.15, 0.2) is 23.1 Å². The molecule has 19 heavy (non-hydrogen) atoms. The van der Waals surface area contributed by atoms with Crippen molar-refractivity contribution in [2.24, 2.45) is 0 Å². The smallest absolute Gasteiger partial charge is 0.244 e. The lowest BCUT2D eigenvalue weighted by atomic mass is 10.2. The predicted molar refractivity (Wildman–Crippen MR) is 72.4 cm³/mol. The average molecular weight is 300 g/mol. The molecule has 1 aliphatic rings. The van der Waals surface area contributed by atoms with Crippen LogP contribution in [-0.2, 0) is 10.0 Å². The highest BCUT2D eigenvalue weighted by molar-refractivity contribution is 7.89. The molecule has 1 aliphatic heterocycles. The molecule has 1 fully saturated rings. The molecule has 0 saturated carbocycles. The first-order valence-corrected chi connectivity index (χ1v) is 7.71. The van der Waals surface area contributed by atoms with Crippen LogP contribution in [0, 0.1) is 11.3 Å². The second kappa shape index (κ2) is 5.47. The molecule has 1 atom stereocenters. The van der Waals surface area contributed by atoms with E-state index < -0.39 is 10.0 Å². The third-order valence-electron chi connectivity index (χ3n) is 3.09. The van der Waals surface area contributed by atoms with E-state index in [9.17, 15) is 8.42 Å². The van der Waals surface area contributed by atoms with Gasteiger partial charge in [0.25, 0.3) is 0 Å². The first-order valence-electron chi connectivity index (χ1n) is 5.89. The maximum absolute atomic E-state index is 12.6. The lowest BCUT2D eigenvalue weighted by Gasteiger charge is -2.33. The lowest BCUT2D eigenvalue weighted by Crippen LogP contribution is -2.52. The van der Waals surface area contributed by atoms with Crippen LogP contribution in [0.2, 0.25) is 5.02 Å². The van der Waals surface area contributed by atoms with Crippen LogP contribution in [-0.4, -0.2) is 38.4 Å². The molecule has 0 radical (unpaired) electrons. The second-order valence-corrected chi connectivity index (χ2v) is 6.72. The number of benzene rings is 1. The normalized spacial score (nSPS) is 21.0. The quantitative estimate of drug-likeness (QED) is 0.890. The van der Waals surface area contributed by atoms with Gasteiger partial charge in [-0.25, -0.2) is 8.42 Å². The summed E-state index contributed by atoms with van der Waals surface area (Å²) in [5, 5.41) is 12.5. The fourth-order valence-electron chi connectivity index (χ4n) is 2.11. The molecular weight excluding hydrogens is 286 g/mol. The molecule has 1 aromatic rings. The van der Waals surface area contributed by atoms with Crippen molar-refractivity contribution in [2.45, 2.75) is 17.9 Å². The van der Waals surface area contributed by atoms with E-state index in [-0.39, 0.29) is 16.5 Å². The summed E-state index contributed by atoms with van der Waals surface area (Å²) in [4.78, 5) is -0.0174. The minimum Gasteiger partial charge on any atom is -0.314 e. The zero-order valence-corrected chi connectivity index (χ0v) is 12.0. The van der Waals surface area contributed by atoms with Gasteiger partial charge in [0, 0.05) is 30.7 Å². The number of halogens is 1. The molecule has 1 saturated heterocycles. The van der Waals surface area contributed by atoms with E-state index in [0.29, 0.717) is 24.7 Å². The van der Waals surface area contributed by atoms with Gasteiger partial charge in [-0.05, 0) is 25.1 Å².